The summed E-state index contributed by atoms with van der Waals surface area (Å²) in [5.41, 5.74) is 5.99. The minimum absolute atomic E-state index is 0.167. The molecule has 2 amide bonds. The summed E-state index contributed by atoms with van der Waals surface area (Å²) in [5, 5.41) is 2.67. The van der Waals surface area contributed by atoms with Crippen molar-refractivity contribution in [3.8, 4) is 17.2 Å². The summed E-state index contributed by atoms with van der Waals surface area (Å²) in [6, 6.07) is 11.6. The van der Waals surface area contributed by atoms with Crippen LogP contribution in [0.3, 0.4) is 0 Å². The number of anilines is 1. The van der Waals surface area contributed by atoms with E-state index in [0.717, 1.165) is 0 Å². The average molecular weight is 330 g/mol. The molecule has 0 spiro atoms. The average Bonchev–Trinajstić information content (AvgIpc) is 2.60. The maximum atomic E-state index is 12.1. The number of carbonyl (C=O) groups excluding carboxylic acids is 2. The van der Waals surface area contributed by atoms with E-state index in [2.05, 4.69) is 5.32 Å². The molecule has 0 unspecified atom stereocenters. The Morgan fingerprint density at radius 2 is 1.79 bits per heavy atom. The molecular weight excluding hydrogens is 312 g/mol. The highest BCUT2D eigenvalue weighted by molar-refractivity contribution is 5.96. The van der Waals surface area contributed by atoms with Crippen molar-refractivity contribution in [2.45, 2.75) is 0 Å². The summed E-state index contributed by atoms with van der Waals surface area (Å²) < 4.78 is 15.6. The first kappa shape index (κ1) is 17.1. The minimum Gasteiger partial charge on any atom is -0.497 e. The summed E-state index contributed by atoms with van der Waals surface area (Å²) >= 11 is 0. The van der Waals surface area contributed by atoms with Crippen molar-refractivity contribution in [1.29, 1.82) is 0 Å². The highest BCUT2D eigenvalue weighted by atomic mass is 16.5. The number of para-hydroxylation sites is 2. The summed E-state index contributed by atoms with van der Waals surface area (Å²) in [6.07, 6.45) is 0. The Hall–Kier alpha value is -3.22. The van der Waals surface area contributed by atoms with Crippen molar-refractivity contribution < 1.29 is 23.8 Å². The van der Waals surface area contributed by atoms with Crippen LogP contribution in [0.5, 0.6) is 17.2 Å². The third kappa shape index (κ3) is 4.16. The first-order valence-corrected chi connectivity index (χ1v) is 7.08. The number of ether oxygens (including phenoxy) is 3. The fourth-order valence-electron chi connectivity index (χ4n) is 2.03. The molecule has 0 radical (unpaired) electrons. The molecule has 0 aliphatic rings. The maximum absolute atomic E-state index is 12.1. The van der Waals surface area contributed by atoms with Gasteiger partial charge in [-0.25, -0.2) is 0 Å². The van der Waals surface area contributed by atoms with Crippen molar-refractivity contribution in [2.24, 2.45) is 5.73 Å². The van der Waals surface area contributed by atoms with Crippen LogP contribution in [-0.4, -0.2) is 32.6 Å². The van der Waals surface area contributed by atoms with Crippen LogP contribution in [0.1, 0.15) is 10.4 Å². The van der Waals surface area contributed by atoms with Crippen LogP contribution in [0, 0.1) is 0 Å². The van der Waals surface area contributed by atoms with Gasteiger partial charge in [-0.05, 0) is 24.3 Å². The van der Waals surface area contributed by atoms with Crippen LogP contribution in [0.25, 0.3) is 0 Å². The summed E-state index contributed by atoms with van der Waals surface area (Å²) in [4.78, 5) is 23.5. The quantitative estimate of drug-likeness (QED) is 0.806. The van der Waals surface area contributed by atoms with Gasteiger partial charge in [0.2, 0.25) is 0 Å². The zero-order chi connectivity index (χ0) is 17.5. The number of amides is 2. The molecule has 7 heteroatoms. The predicted molar refractivity (Wildman–Crippen MR) is 88.6 cm³/mol. The second-order valence-corrected chi connectivity index (χ2v) is 4.76. The molecule has 0 saturated heterocycles. The molecule has 0 fully saturated rings. The fourth-order valence-corrected chi connectivity index (χ4v) is 2.03. The maximum Gasteiger partial charge on any atom is 0.262 e. The van der Waals surface area contributed by atoms with Crippen molar-refractivity contribution in [2.75, 3.05) is 26.1 Å². The Morgan fingerprint density at radius 1 is 1.04 bits per heavy atom. The van der Waals surface area contributed by atoms with E-state index in [9.17, 15) is 9.59 Å². The number of hydrogen-bond acceptors (Lipinski definition) is 5. The molecule has 24 heavy (non-hydrogen) atoms. The highest BCUT2D eigenvalue weighted by Crippen LogP contribution is 2.25. The number of hydrogen-bond donors (Lipinski definition) is 2. The van der Waals surface area contributed by atoms with Crippen LogP contribution in [0.15, 0.2) is 42.5 Å². The van der Waals surface area contributed by atoms with Gasteiger partial charge in [0, 0.05) is 6.07 Å². The minimum atomic E-state index is -0.655. The standard InChI is InChI=1S/C17H18N2O5/c1-22-11-7-8-12(17(18)21)15(9-11)24-10-16(20)19-13-5-3-4-6-14(13)23-2/h3-9H,10H2,1-2H3,(H2,18,21)(H,19,20). The number of rotatable bonds is 7. The molecule has 0 aliphatic heterocycles. The number of nitrogens with two attached hydrogens (primary N) is 1. The summed E-state index contributed by atoms with van der Waals surface area (Å²) in [7, 11) is 2.99. The molecule has 0 bridgehead atoms. The lowest BCUT2D eigenvalue weighted by molar-refractivity contribution is -0.118. The van der Waals surface area contributed by atoms with Crippen molar-refractivity contribution in [3.63, 3.8) is 0 Å². The van der Waals surface area contributed by atoms with Gasteiger partial charge in [0.05, 0.1) is 25.5 Å². The predicted octanol–water partition coefficient (Wildman–Crippen LogP) is 1.82. The molecule has 0 heterocycles. The Balaban J connectivity index is 2.07. The van der Waals surface area contributed by atoms with Crippen LogP contribution >= 0.6 is 0 Å². The first-order valence-electron chi connectivity index (χ1n) is 7.08. The zero-order valence-corrected chi connectivity index (χ0v) is 13.4. The van der Waals surface area contributed by atoms with E-state index in [1.807, 2.05) is 0 Å². The number of benzene rings is 2. The third-order valence-corrected chi connectivity index (χ3v) is 3.19. The second-order valence-electron chi connectivity index (χ2n) is 4.76. The second kappa shape index (κ2) is 7.87. The lowest BCUT2D eigenvalue weighted by Gasteiger charge is -2.12. The van der Waals surface area contributed by atoms with Crippen molar-refractivity contribution in [3.05, 3.63) is 48.0 Å². The molecule has 7 nitrogen and oxygen atoms in total. The topological polar surface area (TPSA) is 99.9 Å². The van der Waals surface area contributed by atoms with Crippen LogP contribution in [-0.2, 0) is 4.79 Å². The Morgan fingerprint density at radius 3 is 2.46 bits per heavy atom. The van der Waals surface area contributed by atoms with E-state index in [-0.39, 0.29) is 17.9 Å². The van der Waals surface area contributed by atoms with E-state index in [1.54, 1.807) is 30.3 Å². The van der Waals surface area contributed by atoms with Gasteiger partial charge in [0.1, 0.15) is 17.2 Å². The van der Waals surface area contributed by atoms with E-state index >= 15 is 0 Å². The molecule has 0 aliphatic carbocycles. The summed E-state index contributed by atoms with van der Waals surface area (Å²) in [5.74, 6) is 0.137. The SMILES string of the molecule is COc1ccc(C(N)=O)c(OCC(=O)Nc2ccccc2OC)c1. The van der Waals surface area contributed by atoms with Gasteiger partial charge in [-0.15, -0.1) is 0 Å². The molecule has 2 aromatic rings. The molecular formula is C17H18N2O5. The lowest BCUT2D eigenvalue weighted by Crippen LogP contribution is -2.22. The monoisotopic (exact) mass is 330 g/mol. The Labute approximate surface area is 139 Å². The number of carbonyl (C=O) groups is 2. The number of nitrogens with one attached hydrogen (secondary N) is 1. The van der Waals surface area contributed by atoms with Crippen molar-refractivity contribution in [1.82, 2.24) is 0 Å². The van der Waals surface area contributed by atoms with Gasteiger partial charge in [-0.2, -0.15) is 0 Å². The lowest BCUT2D eigenvalue weighted by atomic mass is 10.2. The molecule has 0 aromatic heterocycles. The summed E-state index contributed by atoms with van der Waals surface area (Å²) in [6.45, 7) is -0.300. The molecule has 0 atom stereocenters. The van der Waals surface area contributed by atoms with Gasteiger partial charge in [0.25, 0.3) is 11.8 Å². The Kier molecular flexibility index (Phi) is 5.62. The third-order valence-electron chi connectivity index (χ3n) is 3.19. The molecule has 3 N–H and O–H groups in total. The molecule has 126 valence electrons. The zero-order valence-electron chi connectivity index (χ0n) is 13.4. The van der Waals surface area contributed by atoms with Gasteiger partial charge in [-0.1, -0.05) is 12.1 Å². The number of methoxy groups -OCH3 is 2. The first-order chi connectivity index (χ1) is 11.5. The Bertz CT molecular complexity index is 746. The van der Waals surface area contributed by atoms with Gasteiger partial charge < -0.3 is 25.3 Å². The highest BCUT2D eigenvalue weighted by Gasteiger charge is 2.13. The smallest absolute Gasteiger partial charge is 0.262 e. The van der Waals surface area contributed by atoms with Crippen LogP contribution in [0.4, 0.5) is 5.69 Å². The number of primary amides is 1. The molecule has 2 rings (SSSR count). The fraction of sp³-hybridized carbons (Fsp3) is 0.176. The molecule has 2 aromatic carbocycles. The molecule has 0 saturated carbocycles. The van der Waals surface area contributed by atoms with E-state index < -0.39 is 11.8 Å². The largest absolute Gasteiger partial charge is 0.497 e. The normalized spacial score (nSPS) is 9.92. The van der Waals surface area contributed by atoms with Gasteiger partial charge >= 0.3 is 0 Å². The van der Waals surface area contributed by atoms with Crippen molar-refractivity contribution >= 4 is 17.5 Å². The van der Waals surface area contributed by atoms with E-state index in [0.29, 0.717) is 17.2 Å². The van der Waals surface area contributed by atoms with E-state index in [1.165, 1.54) is 26.4 Å². The van der Waals surface area contributed by atoms with E-state index in [4.69, 9.17) is 19.9 Å². The van der Waals surface area contributed by atoms with Gasteiger partial charge in [0.15, 0.2) is 6.61 Å². The van der Waals surface area contributed by atoms with Crippen LogP contribution < -0.4 is 25.3 Å². The van der Waals surface area contributed by atoms with Gasteiger partial charge in [-0.3, -0.25) is 9.59 Å². The van der Waals surface area contributed by atoms with Crippen LogP contribution in [0.2, 0.25) is 0 Å².